The molecule has 168 valence electrons. The Morgan fingerprint density at radius 2 is 1.66 bits per heavy atom. The van der Waals surface area contributed by atoms with Crippen LogP contribution in [-0.2, 0) is 6.61 Å². The Labute approximate surface area is 190 Å². The molecule has 8 heteroatoms. The van der Waals surface area contributed by atoms with Crippen LogP contribution < -0.4 is 15.4 Å². The molecule has 0 spiro atoms. The lowest BCUT2D eigenvalue weighted by molar-refractivity contribution is 0.0948. The van der Waals surface area contributed by atoms with Crippen LogP contribution in [0, 0.1) is 5.82 Å². The summed E-state index contributed by atoms with van der Waals surface area (Å²) < 4.78 is 18.6. The number of hydrogen-bond acceptors (Lipinski definition) is 5. The van der Waals surface area contributed by atoms with E-state index in [1.165, 1.54) is 41.2 Å². The lowest BCUT2D eigenvalue weighted by atomic mass is 10.0. The highest BCUT2D eigenvalue weighted by atomic mass is 32.1. The predicted molar refractivity (Wildman–Crippen MR) is 123 cm³/mol. The highest BCUT2D eigenvalue weighted by molar-refractivity contribution is 7.09. The van der Waals surface area contributed by atoms with Crippen molar-refractivity contribution in [3.8, 4) is 5.75 Å². The molecule has 0 saturated heterocycles. The number of nitrogens with zero attached hydrogens (tertiary/aromatic N) is 1. The normalized spacial score (nSPS) is 10.8. The van der Waals surface area contributed by atoms with Crippen molar-refractivity contribution < 1.29 is 18.7 Å². The maximum absolute atomic E-state index is 12.9. The molecule has 32 heavy (non-hydrogen) atoms. The molecule has 0 aliphatic carbocycles. The summed E-state index contributed by atoms with van der Waals surface area (Å²) in [6.07, 6.45) is 0.561. The summed E-state index contributed by atoms with van der Waals surface area (Å²) in [6.45, 7) is 5.37. The van der Waals surface area contributed by atoms with E-state index in [1.54, 1.807) is 5.38 Å². The highest BCUT2D eigenvalue weighted by Crippen LogP contribution is 2.20. The lowest BCUT2D eigenvalue weighted by Gasteiger charge is -2.07. The fraction of sp³-hybridized carbons (Fsp3) is 0.292. The summed E-state index contributed by atoms with van der Waals surface area (Å²) in [5.74, 6) is 0.299. The zero-order valence-electron chi connectivity index (χ0n) is 18.1. The van der Waals surface area contributed by atoms with Gasteiger partial charge in [0.2, 0.25) is 0 Å². The zero-order valence-corrected chi connectivity index (χ0v) is 18.9. The molecular weight excluding hydrogens is 429 g/mol. The van der Waals surface area contributed by atoms with Gasteiger partial charge in [-0.2, -0.15) is 0 Å². The first-order chi connectivity index (χ1) is 15.4. The molecule has 1 heterocycles. The van der Waals surface area contributed by atoms with Crippen molar-refractivity contribution in [3.05, 3.63) is 81.6 Å². The van der Waals surface area contributed by atoms with Gasteiger partial charge in [-0.3, -0.25) is 9.59 Å². The Hall–Kier alpha value is -3.26. The number of ether oxygens (including phenoxy) is 1. The smallest absolute Gasteiger partial charge is 0.270 e. The van der Waals surface area contributed by atoms with Crippen molar-refractivity contribution in [2.75, 3.05) is 13.1 Å². The second-order valence-corrected chi connectivity index (χ2v) is 8.45. The largest absolute Gasteiger partial charge is 0.486 e. The van der Waals surface area contributed by atoms with Crippen LogP contribution in [0.4, 0.5) is 4.39 Å². The SMILES string of the molecule is CC(C)c1ccc(OCc2nc(C(=O)NCCCNC(=O)c3ccc(F)cc3)cs2)cc1. The van der Waals surface area contributed by atoms with Crippen LogP contribution in [0.25, 0.3) is 0 Å². The maximum atomic E-state index is 12.9. The molecule has 6 nitrogen and oxygen atoms in total. The van der Waals surface area contributed by atoms with E-state index in [-0.39, 0.29) is 17.6 Å². The van der Waals surface area contributed by atoms with Crippen molar-refractivity contribution in [2.24, 2.45) is 0 Å². The molecule has 2 N–H and O–H groups in total. The molecule has 2 aromatic carbocycles. The summed E-state index contributed by atoms with van der Waals surface area (Å²) >= 11 is 1.37. The minimum absolute atomic E-state index is 0.265. The van der Waals surface area contributed by atoms with Crippen LogP contribution in [0.3, 0.4) is 0 Å². The van der Waals surface area contributed by atoms with E-state index >= 15 is 0 Å². The molecule has 0 bridgehead atoms. The van der Waals surface area contributed by atoms with Gasteiger partial charge in [0.05, 0.1) is 0 Å². The summed E-state index contributed by atoms with van der Waals surface area (Å²) in [4.78, 5) is 28.5. The molecule has 0 unspecified atom stereocenters. The van der Waals surface area contributed by atoms with Gasteiger partial charge in [0.25, 0.3) is 11.8 Å². The molecular formula is C24H26FN3O3S. The third-order valence-electron chi connectivity index (χ3n) is 4.72. The third-order valence-corrected chi connectivity index (χ3v) is 5.55. The predicted octanol–water partition coefficient (Wildman–Crippen LogP) is 4.53. The van der Waals surface area contributed by atoms with E-state index < -0.39 is 0 Å². The monoisotopic (exact) mass is 455 g/mol. The summed E-state index contributed by atoms with van der Waals surface area (Å²) in [5.41, 5.74) is 1.99. The number of amides is 2. The molecule has 0 saturated carbocycles. The number of nitrogens with one attached hydrogen (secondary N) is 2. The first-order valence-corrected chi connectivity index (χ1v) is 11.3. The average Bonchev–Trinajstić information content (AvgIpc) is 3.27. The Balaban J connectivity index is 1.36. The van der Waals surface area contributed by atoms with Crippen LogP contribution in [0.5, 0.6) is 5.75 Å². The topological polar surface area (TPSA) is 80.3 Å². The Bertz CT molecular complexity index is 1030. The first-order valence-electron chi connectivity index (χ1n) is 10.4. The number of thiazole rings is 1. The molecule has 0 aliphatic heterocycles. The van der Waals surface area contributed by atoms with Crippen LogP contribution in [0.15, 0.2) is 53.9 Å². The number of halogens is 1. The fourth-order valence-electron chi connectivity index (χ4n) is 2.86. The van der Waals surface area contributed by atoms with Gasteiger partial charge in [-0.1, -0.05) is 26.0 Å². The van der Waals surface area contributed by atoms with E-state index in [0.29, 0.717) is 43.3 Å². The number of carbonyl (C=O) groups excluding carboxylic acids is 2. The fourth-order valence-corrected chi connectivity index (χ4v) is 3.55. The minimum atomic E-state index is -0.388. The van der Waals surface area contributed by atoms with Crippen LogP contribution in [0.1, 0.15) is 57.6 Å². The van der Waals surface area contributed by atoms with Gasteiger partial charge in [0.1, 0.15) is 28.9 Å². The average molecular weight is 456 g/mol. The van der Waals surface area contributed by atoms with Crippen molar-refractivity contribution in [3.63, 3.8) is 0 Å². The van der Waals surface area contributed by atoms with Gasteiger partial charge in [-0.25, -0.2) is 9.37 Å². The summed E-state index contributed by atoms with van der Waals surface area (Å²) in [7, 11) is 0. The molecule has 0 aliphatic rings. The third kappa shape index (κ3) is 6.88. The van der Waals surface area contributed by atoms with E-state index in [2.05, 4.69) is 29.5 Å². The second kappa shape index (κ2) is 11.4. The van der Waals surface area contributed by atoms with E-state index in [9.17, 15) is 14.0 Å². The number of hydrogen-bond donors (Lipinski definition) is 2. The molecule has 0 radical (unpaired) electrons. The van der Waals surface area contributed by atoms with E-state index in [0.717, 1.165) is 10.8 Å². The maximum Gasteiger partial charge on any atom is 0.270 e. The lowest BCUT2D eigenvalue weighted by Crippen LogP contribution is -2.30. The van der Waals surface area contributed by atoms with Crippen molar-refractivity contribution >= 4 is 23.2 Å². The molecule has 0 atom stereocenters. The van der Waals surface area contributed by atoms with Gasteiger partial charge >= 0.3 is 0 Å². The Morgan fingerprint density at radius 1 is 1.00 bits per heavy atom. The van der Waals surface area contributed by atoms with Crippen molar-refractivity contribution in [1.29, 1.82) is 0 Å². The second-order valence-electron chi connectivity index (χ2n) is 7.51. The minimum Gasteiger partial charge on any atom is -0.486 e. The number of carbonyl (C=O) groups is 2. The molecule has 3 aromatic rings. The summed E-state index contributed by atoms with van der Waals surface area (Å²) in [5, 5.41) is 7.94. The van der Waals surface area contributed by atoms with Gasteiger partial charge in [0.15, 0.2) is 0 Å². The van der Waals surface area contributed by atoms with Gasteiger partial charge < -0.3 is 15.4 Å². The summed E-state index contributed by atoms with van der Waals surface area (Å²) in [6, 6.07) is 13.3. The highest BCUT2D eigenvalue weighted by Gasteiger charge is 2.11. The number of benzene rings is 2. The molecule has 1 aromatic heterocycles. The van der Waals surface area contributed by atoms with Crippen molar-refractivity contribution in [1.82, 2.24) is 15.6 Å². The van der Waals surface area contributed by atoms with Gasteiger partial charge in [-0.15, -0.1) is 11.3 Å². The van der Waals surface area contributed by atoms with E-state index in [1.807, 2.05) is 24.3 Å². The Morgan fingerprint density at radius 3 is 2.31 bits per heavy atom. The van der Waals surface area contributed by atoms with Crippen LogP contribution in [-0.4, -0.2) is 29.9 Å². The standard InChI is InChI=1S/C24H26FN3O3S/c1-16(2)17-6-10-20(11-7-17)31-14-22-28-21(15-32-22)24(30)27-13-3-12-26-23(29)18-4-8-19(25)9-5-18/h4-11,15-16H,3,12-14H2,1-2H3,(H,26,29)(H,27,30). The van der Waals surface area contributed by atoms with Crippen LogP contribution in [0.2, 0.25) is 0 Å². The number of aromatic nitrogens is 1. The zero-order chi connectivity index (χ0) is 22.9. The molecule has 3 rings (SSSR count). The van der Waals surface area contributed by atoms with Gasteiger partial charge in [0, 0.05) is 24.0 Å². The molecule has 2 amide bonds. The van der Waals surface area contributed by atoms with Gasteiger partial charge in [-0.05, 0) is 54.3 Å². The Kier molecular flexibility index (Phi) is 8.33. The quantitative estimate of drug-likeness (QED) is 0.440. The number of rotatable bonds is 10. The van der Waals surface area contributed by atoms with E-state index in [4.69, 9.17) is 4.74 Å². The van der Waals surface area contributed by atoms with Crippen LogP contribution >= 0.6 is 11.3 Å². The first kappa shape index (κ1) is 23.4. The molecule has 0 fully saturated rings. The van der Waals surface area contributed by atoms with Crippen molar-refractivity contribution in [2.45, 2.75) is 32.8 Å².